The molecule has 0 N–H and O–H groups in total. The van der Waals surface area contributed by atoms with Crippen molar-refractivity contribution in [2.45, 2.75) is 13.8 Å². The number of hydrogen-bond acceptors (Lipinski definition) is 6. The Kier molecular flexibility index (Phi) is 5.39. The summed E-state index contributed by atoms with van der Waals surface area (Å²) in [5.74, 6) is 1.02. The van der Waals surface area contributed by atoms with Crippen LogP contribution in [0.5, 0.6) is 0 Å². The van der Waals surface area contributed by atoms with Gasteiger partial charge in [0.15, 0.2) is 0 Å². The lowest BCUT2D eigenvalue weighted by Crippen LogP contribution is -2.20. The van der Waals surface area contributed by atoms with E-state index in [-0.39, 0.29) is 11.1 Å². The van der Waals surface area contributed by atoms with Gasteiger partial charge in [0.25, 0.3) is 11.1 Å². The number of nitrogens with zero attached hydrogens (tertiary/aromatic N) is 6. The summed E-state index contributed by atoms with van der Waals surface area (Å²) in [6.07, 6.45) is 3.21. The zero-order valence-corrected chi connectivity index (χ0v) is 18.6. The van der Waals surface area contributed by atoms with Crippen LogP contribution < -0.4 is 11.1 Å². The van der Waals surface area contributed by atoms with Crippen LogP contribution in [0.3, 0.4) is 0 Å². The van der Waals surface area contributed by atoms with Crippen molar-refractivity contribution in [3.8, 4) is 0 Å². The molecule has 0 radical (unpaired) electrons. The van der Waals surface area contributed by atoms with E-state index < -0.39 is 0 Å². The molecular weight excluding hydrogens is 428 g/mol. The van der Waals surface area contributed by atoms with Crippen LogP contribution >= 0.6 is 0 Å². The van der Waals surface area contributed by atoms with Gasteiger partial charge in [-0.25, -0.2) is 9.97 Å². The fraction of sp³-hybridized carbons (Fsp3) is 0.0769. The Balaban J connectivity index is 1.40. The van der Waals surface area contributed by atoms with E-state index in [1.165, 1.54) is 9.35 Å². The lowest BCUT2D eigenvalue weighted by atomic mass is 10.2. The monoisotopic (exact) mass is 448 g/mol. The Hall–Kier alpha value is -4.72. The molecule has 2 heterocycles. The SMILES string of the molecule is Cc1nc2ccccc2c(=O)n1/N=C/c1ccc(/C=N/n2c(C)nc3ccccc3c2=O)cc1. The van der Waals surface area contributed by atoms with Gasteiger partial charge in [0.05, 0.1) is 34.2 Å². The molecule has 0 atom stereocenters. The van der Waals surface area contributed by atoms with Crippen molar-refractivity contribution in [1.82, 2.24) is 19.3 Å². The van der Waals surface area contributed by atoms with Crippen LogP contribution in [0.25, 0.3) is 21.8 Å². The minimum atomic E-state index is -0.215. The average Bonchev–Trinajstić information content (AvgIpc) is 2.84. The largest absolute Gasteiger partial charge is 0.282 e. The summed E-state index contributed by atoms with van der Waals surface area (Å²) in [5.41, 5.74) is 2.47. The molecule has 34 heavy (non-hydrogen) atoms. The Morgan fingerprint density at radius 2 is 1.00 bits per heavy atom. The standard InChI is InChI=1S/C26H20N6O2/c1-17-29-23-9-5-3-7-21(23)25(33)31(17)27-15-19-11-13-20(14-12-19)16-28-32-18(2)30-24-10-6-4-8-22(24)26(32)34/h3-16H,1-2H3/b27-15+,28-16+. The highest BCUT2D eigenvalue weighted by Gasteiger charge is 2.07. The first-order valence-corrected chi connectivity index (χ1v) is 10.7. The molecule has 0 spiro atoms. The van der Waals surface area contributed by atoms with E-state index in [0.29, 0.717) is 33.5 Å². The number of rotatable bonds is 4. The summed E-state index contributed by atoms with van der Waals surface area (Å²) in [7, 11) is 0. The van der Waals surface area contributed by atoms with E-state index in [1.807, 2.05) is 48.5 Å². The predicted octanol–water partition coefficient (Wildman–Crippen LogP) is 3.49. The van der Waals surface area contributed by atoms with Gasteiger partial charge in [-0.2, -0.15) is 19.6 Å². The van der Waals surface area contributed by atoms with E-state index in [0.717, 1.165) is 11.1 Å². The minimum absolute atomic E-state index is 0.215. The van der Waals surface area contributed by atoms with Gasteiger partial charge in [0, 0.05) is 0 Å². The van der Waals surface area contributed by atoms with Crippen molar-refractivity contribution in [3.05, 3.63) is 116 Å². The van der Waals surface area contributed by atoms with Crippen LogP contribution in [0.15, 0.2) is 92.6 Å². The van der Waals surface area contributed by atoms with Gasteiger partial charge in [-0.3, -0.25) is 9.59 Å². The lowest BCUT2D eigenvalue weighted by molar-refractivity contribution is 0.770. The van der Waals surface area contributed by atoms with E-state index in [9.17, 15) is 9.59 Å². The Labute approximate surface area is 194 Å². The molecule has 0 unspecified atom stereocenters. The average molecular weight is 448 g/mol. The molecule has 2 aromatic heterocycles. The third kappa shape index (κ3) is 3.93. The van der Waals surface area contributed by atoms with Gasteiger partial charge < -0.3 is 0 Å². The van der Waals surface area contributed by atoms with Crippen LogP contribution in [0.1, 0.15) is 22.8 Å². The zero-order chi connectivity index (χ0) is 23.7. The summed E-state index contributed by atoms with van der Waals surface area (Å²) in [5, 5.41) is 9.70. The first kappa shape index (κ1) is 21.1. The van der Waals surface area contributed by atoms with Gasteiger partial charge in [-0.15, -0.1) is 0 Å². The molecule has 5 aromatic rings. The fourth-order valence-electron chi connectivity index (χ4n) is 3.66. The molecule has 0 aliphatic rings. The Bertz CT molecular complexity index is 1580. The molecule has 0 fully saturated rings. The topological polar surface area (TPSA) is 94.5 Å². The summed E-state index contributed by atoms with van der Waals surface area (Å²) >= 11 is 0. The number of benzene rings is 3. The Morgan fingerprint density at radius 3 is 1.41 bits per heavy atom. The molecule has 8 nitrogen and oxygen atoms in total. The molecule has 5 rings (SSSR count). The van der Waals surface area contributed by atoms with Crippen molar-refractivity contribution in [2.75, 3.05) is 0 Å². The molecule has 166 valence electrons. The molecule has 0 aliphatic carbocycles. The molecule has 0 bridgehead atoms. The highest BCUT2D eigenvalue weighted by molar-refractivity contribution is 5.84. The third-order valence-corrected chi connectivity index (χ3v) is 5.41. The number of aryl methyl sites for hydroxylation is 2. The second-order valence-electron chi connectivity index (χ2n) is 7.74. The number of para-hydroxylation sites is 2. The first-order chi connectivity index (χ1) is 16.5. The molecule has 3 aromatic carbocycles. The van der Waals surface area contributed by atoms with Gasteiger partial charge >= 0.3 is 0 Å². The van der Waals surface area contributed by atoms with E-state index in [4.69, 9.17) is 0 Å². The predicted molar refractivity (Wildman–Crippen MR) is 134 cm³/mol. The van der Waals surface area contributed by atoms with Crippen LogP contribution in [0.2, 0.25) is 0 Å². The second kappa shape index (κ2) is 8.67. The number of hydrogen-bond donors (Lipinski definition) is 0. The van der Waals surface area contributed by atoms with Crippen LogP contribution in [-0.2, 0) is 0 Å². The van der Waals surface area contributed by atoms with Crippen molar-refractivity contribution in [2.24, 2.45) is 10.2 Å². The summed E-state index contributed by atoms with van der Waals surface area (Å²) in [4.78, 5) is 34.4. The van der Waals surface area contributed by atoms with Gasteiger partial charge in [-0.05, 0) is 49.2 Å². The van der Waals surface area contributed by atoms with E-state index in [2.05, 4.69) is 20.2 Å². The second-order valence-corrected chi connectivity index (χ2v) is 7.74. The van der Waals surface area contributed by atoms with Crippen molar-refractivity contribution in [1.29, 1.82) is 0 Å². The summed E-state index contributed by atoms with van der Waals surface area (Å²) < 4.78 is 2.58. The lowest BCUT2D eigenvalue weighted by Gasteiger charge is -2.05. The maximum absolute atomic E-state index is 12.7. The quantitative estimate of drug-likeness (QED) is 0.393. The van der Waals surface area contributed by atoms with Crippen molar-refractivity contribution < 1.29 is 0 Å². The minimum Gasteiger partial charge on any atom is -0.267 e. The molecular formula is C26H20N6O2. The highest BCUT2D eigenvalue weighted by Crippen LogP contribution is 2.09. The summed E-state index contributed by atoms with van der Waals surface area (Å²) in [6, 6.07) is 21.8. The first-order valence-electron chi connectivity index (χ1n) is 10.7. The fourth-order valence-corrected chi connectivity index (χ4v) is 3.66. The van der Waals surface area contributed by atoms with Crippen LogP contribution in [-0.4, -0.2) is 31.7 Å². The van der Waals surface area contributed by atoms with Gasteiger partial charge in [0.2, 0.25) is 0 Å². The molecule has 0 amide bonds. The van der Waals surface area contributed by atoms with E-state index in [1.54, 1.807) is 50.5 Å². The molecule has 8 heteroatoms. The molecule has 0 saturated carbocycles. The van der Waals surface area contributed by atoms with Gasteiger partial charge in [-0.1, -0.05) is 48.5 Å². The zero-order valence-electron chi connectivity index (χ0n) is 18.6. The highest BCUT2D eigenvalue weighted by atomic mass is 16.1. The normalized spacial score (nSPS) is 11.8. The van der Waals surface area contributed by atoms with Crippen LogP contribution in [0, 0.1) is 13.8 Å². The van der Waals surface area contributed by atoms with E-state index >= 15 is 0 Å². The number of aromatic nitrogens is 4. The number of fused-ring (bicyclic) bond motifs is 2. The maximum atomic E-state index is 12.7. The Morgan fingerprint density at radius 1 is 0.618 bits per heavy atom. The molecule has 0 saturated heterocycles. The van der Waals surface area contributed by atoms with Crippen molar-refractivity contribution >= 4 is 34.2 Å². The molecule has 0 aliphatic heterocycles. The summed E-state index contributed by atoms with van der Waals surface area (Å²) in [6.45, 7) is 3.49. The third-order valence-electron chi connectivity index (χ3n) is 5.41. The van der Waals surface area contributed by atoms with Crippen molar-refractivity contribution in [3.63, 3.8) is 0 Å². The van der Waals surface area contributed by atoms with Crippen LogP contribution in [0.4, 0.5) is 0 Å². The van der Waals surface area contributed by atoms with Gasteiger partial charge in [0.1, 0.15) is 11.6 Å². The smallest absolute Gasteiger partial charge is 0.267 e. The maximum Gasteiger partial charge on any atom is 0.282 e.